The van der Waals surface area contributed by atoms with Crippen molar-refractivity contribution in [1.29, 1.82) is 0 Å². The van der Waals surface area contributed by atoms with Crippen LogP contribution in [0.15, 0.2) is 60.1 Å². The fraction of sp³-hybridized carbons (Fsp3) is 0.136. The minimum atomic E-state index is -4.59. The number of aromatic nitrogens is 3. The molecule has 0 saturated heterocycles. The molecule has 0 amide bonds. The van der Waals surface area contributed by atoms with Crippen LogP contribution in [-0.4, -0.2) is 20.7 Å². The summed E-state index contributed by atoms with van der Waals surface area (Å²) in [5.41, 5.74) is -0.799. The van der Waals surface area contributed by atoms with Crippen LogP contribution in [0.5, 0.6) is 0 Å². The zero-order valence-electron chi connectivity index (χ0n) is 17.2. The van der Waals surface area contributed by atoms with E-state index in [4.69, 9.17) is 28.0 Å². The van der Waals surface area contributed by atoms with E-state index in [0.29, 0.717) is 28.9 Å². The Morgan fingerprint density at radius 3 is 2.17 bits per heavy atom. The topological polar surface area (TPSA) is 52.3 Å². The van der Waals surface area contributed by atoms with Gasteiger partial charge in [-0.05, 0) is 18.2 Å². The van der Waals surface area contributed by atoms with Crippen molar-refractivity contribution in [1.82, 2.24) is 14.5 Å². The highest BCUT2D eigenvalue weighted by Gasteiger charge is 2.32. The second-order valence-corrected chi connectivity index (χ2v) is 7.97. The van der Waals surface area contributed by atoms with Crippen LogP contribution >= 0.6 is 23.2 Å². The lowest BCUT2D eigenvalue weighted by Gasteiger charge is -2.10. The molecule has 4 rings (SSSR count). The van der Waals surface area contributed by atoms with Gasteiger partial charge in [-0.25, -0.2) is 4.98 Å². The molecule has 0 aliphatic carbocycles. The normalized spacial score (nSPS) is 12.6. The van der Waals surface area contributed by atoms with Gasteiger partial charge in [0.2, 0.25) is 0 Å². The highest BCUT2D eigenvalue weighted by atomic mass is 35.5. The lowest BCUT2D eigenvalue weighted by molar-refractivity contribution is -0.138. The minimum Gasteiger partial charge on any atom is -0.389 e. The fourth-order valence-electron chi connectivity index (χ4n) is 3.17. The molecule has 13 heteroatoms. The number of hydrogen-bond acceptors (Lipinski definition) is 4. The van der Waals surface area contributed by atoms with Gasteiger partial charge in [-0.2, -0.15) is 26.3 Å². The summed E-state index contributed by atoms with van der Waals surface area (Å²) in [4.78, 5) is 12.7. The van der Waals surface area contributed by atoms with Crippen LogP contribution < -0.4 is 0 Å². The van der Waals surface area contributed by atoms with E-state index in [0.717, 1.165) is 12.1 Å². The van der Waals surface area contributed by atoms with Gasteiger partial charge in [-0.3, -0.25) is 9.55 Å². The van der Waals surface area contributed by atoms with Gasteiger partial charge in [0.25, 0.3) is 0 Å². The maximum Gasteiger partial charge on any atom is 0.417 e. The Bertz CT molecular complexity index is 1420. The highest BCUT2D eigenvalue weighted by molar-refractivity contribution is 6.32. The van der Waals surface area contributed by atoms with Crippen LogP contribution in [0.4, 0.5) is 26.3 Å². The van der Waals surface area contributed by atoms with Crippen molar-refractivity contribution in [3.63, 3.8) is 0 Å². The van der Waals surface area contributed by atoms with E-state index < -0.39 is 23.5 Å². The number of hydrogen-bond donors (Lipinski definition) is 0. The second-order valence-electron chi connectivity index (χ2n) is 7.16. The third kappa shape index (κ3) is 5.35. The Morgan fingerprint density at radius 1 is 0.914 bits per heavy atom. The van der Waals surface area contributed by atoms with Gasteiger partial charge >= 0.3 is 12.4 Å². The van der Waals surface area contributed by atoms with E-state index in [9.17, 15) is 26.3 Å². The molecule has 4 aromatic rings. The van der Waals surface area contributed by atoms with E-state index in [2.05, 4.69) is 15.1 Å². The lowest BCUT2D eigenvalue weighted by atomic mass is 10.2. The number of nitrogens with zero attached hydrogens (tertiary/aromatic N) is 4. The molecule has 0 aliphatic rings. The first-order chi connectivity index (χ1) is 16.4. The van der Waals surface area contributed by atoms with E-state index in [1.54, 1.807) is 30.5 Å². The van der Waals surface area contributed by atoms with Crippen LogP contribution in [0.3, 0.4) is 0 Å². The number of pyridine rings is 2. The Morgan fingerprint density at radius 2 is 1.54 bits per heavy atom. The van der Waals surface area contributed by atoms with Gasteiger partial charge in [0.05, 0.1) is 38.6 Å². The SMILES string of the molecule is FC(F)(F)c1cnc(CO/N=C\c2cn(-c3ncc(C(F)(F)F)cc3Cl)c3ccccc23)c(Cl)c1. The first-order valence-corrected chi connectivity index (χ1v) is 10.4. The molecule has 0 radical (unpaired) electrons. The summed E-state index contributed by atoms with van der Waals surface area (Å²) in [6.45, 7) is -0.293. The summed E-state index contributed by atoms with van der Waals surface area (Å²) >= 11 is 11.9. The molecule has 3 heterocycles. The molecule has 182 valence electrons. The summed E-state index contributed by atoms with van der Waals surface area (Å²) in [6, 6.07) is 8.47. The number of oxime groups is 1. The van der Waals surface area contributed by atoms with Crippen molar-refractivity contribution in [2.24, 2.45) is 5.16 Å². The molecule has 0 fully saturated rings. The molecular weight excluding hydrogens is 521 g/mol. The summed E-state index contributed by atoms with van der Waals surface area (Å²) < 4.78 is 78.5. The smallest absolute Gasteiger partial charge is 0.389 e. The lowest BCUT2D eigenvalue weighted by Crippen LogP contribution is -2.07. The average molecular weight is 533 g/mol. The number of para-hydroxylation sites is 1. The van der Waals surface area contributed by atoms with Gasteiger partial charge in [0.1, 0.15) is 0 Å². The molecular formula is C22H12Cl2F6N4O. The molecule has 1 aromatic carbocycles. The number of rotatable bonds is 5. The molecule has 3 aromatic heterocycles. The van der Waals surface area contributed by atoms with Crippen molar-refractivity contribution in [2.45, 2.75) is 19.0 Å². The number of fused-ring (bicyclic) bond motifs is 1. The maximum absolute atomic E-state index is 13.0. The average Bonchev–Trinajstić information content (AvgIpc) is 3.14. The van der Waals surface area contributed by atoms with E-state index in [1.165, 1.54) is 10.8 Å². The molecule has 35 heavy (non-hydrogen) atoms. The summed E-state index contributed by atoms with van der Waals surface area (Å²) in [5, 5.41) is 4.05. The van der Waals surface area contributed by atoms with Gasteiger partial charge in [0.15, 0.2) is 12.4 Å². The summed E-state index contributed by atoms with van der Waals surface area (Å²) in [6.07, 6.45) is -4.95. The third-order valence-corrected chi connectivity index (χ3v) is 5.44. The maximum atomic E-state index is 13.0. The van der Waals surface area contributed by atoms with Crippen molar-refractivity contribution in [2.75, 3.05) is 0 Å². The van der Waals surface area contributed by atoms with Crippen molar-refractivity contribution < 1.29 is 31.2 Å². The quantitative estimate of drug-likeness (QED) is 0.154. The zero-order valence-corrected chi connectivity index (χ0v) is 18.7. The predicted octanol–water partition coefficient (Wildman–Crippen LogP) is 7.32. The predicted molar refractivity (Wildman–Crippen MR) is 118 cm³/mol. The molecule has 0 N–H and O–H groups in total. The van der Waals surface area contributed by atoms with Gasteiger partial charge < -0.3 is 4.84 Å². The van der Waals surface area contributed by atoms with E-state index in [1.807, 2.05) is 0 Å². The standard InChI is InChI=1S/C22H12Cl2F6N4O/c23-16-5-13(21(25,26)27)8-31-18(16)11-35-33-7-12-10-34(19-4-2-1-3-15(12)19)20-17(24)6-14(9-32-20)22(28,29)30/h1-10H,11H2/b33-7-. The third-order valence-electron chi connectivity index (χ3n) is 4.83. The summed E-state index contributed by atoms with van der Waals surface area (Å²) in [5.74, 6) is 0.0807. The van der Waals surface area contributed by atoms with Crippen LogP contribution in [0.25, 0.3) is 16.7 Å². The van der Waals surface area contributed by atoms with Gasteiger partial charge in [-0.15, -0.1) is 0 Å². The zero-order chi connectivity index (χ0) is 25.4. The van der Waals surface area contributed by atoms with Gasteiger partial charge in [-0.1, -0.05) is 46.6 Å². The number of alkyl halides is 6. The molecule has 0 aliphatic heterocycles. The molecule has 0 saturated carbocycles. The molecule has 0 unspecified atom stereocenters. The second kappa shape index (κ2) is 9.38. The van der Waals surface area contributed by atoms with Crippen LogP contribution in [0.2, 0.25) is 10.0 Å². The Hall–Kier alpha value is -3.31. The first-order valence-electron chi connectivity index (χ1n) is 9.65. The van der Waals surface area contributed by atoms with Gasteiger partial charge in [0, 0.05) is 29.5 Å². The molecule has 0 spiro atoms. The van der Waals surface area contributed by atoms with Crippen LogP contribution in [-0.2, 0) is 23.8 Å². The Balaban J connectivity index is 1.58. The molecule has 0 bridgehead atoms. The van der Waals surface area contributed by atoms with Crippen molar-refractivity contribution in [3.05, 3.63) is 87.4 Å². The first kappa shape index (κ1) is 24.8. The Labute approximate surface area is 203 Å². The largest absolute Gasteiger partial charge is 0.417 e. The van der Waals surface area contributed by atoms with E-state index >= 15 is 0 Å². The monoisotopic (exact) mass is 532 g/mol. The minimum absolute atomic E-state index is 0.0555. The van der Waals surface area contributed by atoms with Crippen molar-refractivity contribution in [3.8, 4) is 5.82 Å². The van der Waals surface area contributed by atoms with E-state index in [-0.39, 0.29) is 28.2 Å². The molecule has 5 nitrogen and oxygen atoms in total. The number of benzene rings is 1. The summed E-state index contributed by atoms with van der Waals surface area (Å²) in [7, 11) is 0. The van der Waals surface area contributed by atoms with Crippen LogP contribution in [0, 0.1) is 0 Å². The van der Waals surface area contributed by atoms with Crippen LogP contribution in [0.1, 0.15) is 22.4 Å². The fourth-order valence-corrected chi connectivity index (χ4v) is 3.65. The Kier molecular flexibility index (Phi) is 6.65. The highest BCUT2D eigenvalue weighted by Crippen LogP contribution is 2.34. The number of halogens is 8. The van der Waals surface area contributed by atoms with Crippen molar-refractivity contribution >= 4 is 40.3 Å². The molecule has 0 atom stereocenters.